The maximum atomic E-state index is 13.0. The summed E-state index contributed by atoms with van der Waals surface area (Å²) in [7, 11) is -6.41. The summed E-state index contributed by atoms with van der Waals surface area (Å²) in [6, 6.07) is 54.9. The van der Waals surface area contributed by atoms with Gasteiger partial charge in [0.15, 0.2) is 57.2 Å². The number of nitrogens with zero attached hydrogens (tertiary/aromatic N) is 4. The Hall–Kier alpha value is -7.75. The first-order valence-corrected chi connectivity index (χ1v) is 37.9. The summed E-state index contributed by atoms with van der Waals surface area (Å²) in [5.74, 6) is -0.627. The number of hydrogen-bond acceptors (Lipinski definition) is 15. The fraction of sp³-hybridized carbons (Fsp3) is 0.462. The van der Waals surface area contributed by atoms with Crippen LogP contribution >= 0.6 is 0 Å². The number of ether oxygens (including phenoxy) is 4. The molecule has 98 heavy (non-hydrogen) atoms. The zero-order chi connectivity index (χ0) is 72.0. The van der Waals surface area contributed by atoms with Crippen molar-refractivity contribution >= 4 is 55.8 Å². The van der Waals surface area contributed by atoms with Crippen LogP contribution in [0.3, 0.4) is 0 Å². The van der Waals surface area contributed by atoms with Crippen molar-refractivity contribution in [2.45, 2.75) is 249 Å². The van der Waals surface area contributed by atoms with Gasteiger partial charge in [0.05, 0.1) is 40.5 Å². The molecule has 0 aromatic heterocycles. The van der Waals surface area contributed by atoms with Gasteiger partial charge in [-0.25, -0.2) is 8.42 Å². The molecule has 0 amide bonds. The van der Waals surface area contributed by atoms with Crippen molar-refractivity contribution in [3.05, 3.63) is 168 Å². The van der Waals surface area contributed by atoms with Gasteiger partial charge in [-0.15, -0.1) is 0 Å². The number of aryl methyl sites for hydroxylation is 4. The highest BCUT2D eigenvalue weighted by molar-refractivity contribution is 7.97. The van der Waals surface area contributed by atoms with E-state index in [0.29, 0.717) is 12.8 Å². The molecule has 20 heteroatoms. The van der Waals surface area contributed by atoms with Crippen LogP contribution in [-0.2, 0) is 60.6 Å². The maximum absolute atomic E-state index is 13.0. The van der Waals surface area contributed by atoms with E-state index in [1.165, 1.54) is 120 Å². The number of alkyl halides is 2. The lowest BCUT2D eigenvalue weighted by atomic mass is 9.97. The van der Waals surface area contributed by atoms with Gasteiger partial charge in [-0.1, -0.05) is 177 Å². The molecule has 0 aliphatic carbocycles. The van der Waals surface area contributed by atoms with E-state index in [9.17, 15) is 51.5 Å². The largest absolute Gasteiger partial charge is 0.743 e. The summed E-state index contributed by atoms with van der Waals surface area (Å²) < 4.78 is 77.5. The topological polar surface area (TPSA) is 235 Å². The number of carbonyl (C=O) groups excluding carboxylic acids is 4. The standard InChI is InChI=1S/2C31H39O2S.C16H22F2N4O7S/c2*1-4-5-6-7-8-9-10-17-22-30(32)33-31-25(2)23-29(24-26(31)3)34(27-18-13-11-14-19-27)28-20-15-12-16-21-28;1-4-28-12(23)5-7-14(2,9-19)21-22-15(3,10-20)8-6-13(24)29-11-16(17,18)30(25,26)27/h2*11-16,18-21,23-24H,4-10,17,22H2,1-3H3;4-8,11H2,1-3H3,(H,25,26,27)/q2*+1;/p-1. The fourth-order valence-corrected chi connectivity index (χ4v) is 15.0. The molecule has 0 saturated heterocycles. The highest BCUT2D eigenvalue weighted by atomic mass is 32.2. The van der Waals surface area contributed by atoms with Gasteiger partial charge in [-0.2, -0.15) is 29.5 Å². The minimum absolute atomic E-state index is 0.0475. The van der Waals surface area contributed by atoms with Crippen molar-refractivity contribution < 1.29 is 59.9 Å². The number of esters is 4. The molecule has 528 valence electrons. The Balaban J connectivity index is 0.000000313. The van der Waals surface area contributed by atoms with E-state index >= 15 is 0 Å². The summed E-state index contributed by atoms with van der Waals surface area (Å²) in [6.45, 7) is 15.1. The minimum Gasteiger partial charge on any atom is -0.743 e. The normalized spacial score (nSPS) is 12.6. The highest BCUT2D eigenvalue weighted by Crippen LogP contribution is 2.38. The van der Waals surface area contributed by atoms with Crippen LogP contribution in [0.2, 0.25) is 0 Å². The smallest absolute Gasteiger partial charge is 0.367 e. The van der Waals surface area contributed by atoms with Crippen LogP contribution in [0.1, 0.15) is 198 Å². The lowest BCUT2D eigenvalue weighted by molar-refractivity contribution is -0.150. The molecule has 0 heterocycles. The molecule has 0 spiro atoms. The van der Waals surface area contributed by atoms with Crippen molar-refractivity contribution in [1.29, 1.82) is 10.5 Å². The van der Waals surface area contributed by atoms with E-state index in [-0.39, 0.29) is 59.6 Å². The van der Waals surface area contributed by atoms with Crippen molar-refractivity contribution in [3.8, 4) is 23.6 Å². The summed E-state index contributed by atoms with van der Waals surface area (Å²) in [6.07, 6.45) is 19.4. The zero-order valence-electron chi connectivity index (χ0n) is 58.6. The molecule has 2 unspecified atom stereocenters. The van der Waals surface area contributed by atoms with Gasteiger partial charge in [0, 0.05) is 49.9 Å². The van der Waals surface area contributed by atoms with Gasteiger partial charge >= 0.3 is 29.1 Å². The van der Waals surface area contributed by atoms with E-state index in [1.807, 2.05) is 33.8 Å². The molecule has 0 aliphatic rings. The Morgan fingerprint density at radius 3 is 1.01 bits per heavy atom. The number of benzene rings is 6. The predicted octanol–water partition coefficient (Wildman–Crippen LogP) is 19.5. The molecule has 0 saturated carbocycles. The van der Waals surface area contributed by atoms with Crippen molar-refractivity contribution in [1.82, 2.24) is 0 Å². The van der Waals surface area contributed by atoms with E-state index in [1.54, 1.807) is 13.0 Å². The molecule has 0 N–H and O–H groups in total. The van der Waals surface area contributed by atoms with Crippen LogP contribution in [0.4, 0.5) is 8.78 Å². The van der Waals surface area contributed by atoms with Crippen molar-refractivity contribution in [3.63, 3.8) is 0 Å². The van der Waals surface area contributed by atoms with Gasteiger partial charge in [0.2, 0.25) is 0 Å². The number of carbonyl (C=O) groups is 4. The third-order valence-electron chi connectivity index (χ3n) is 15.8. The second-order valence-corrected chi connectivity index (χ2v) is 30.1. The number of halogens is 2. The van der Waals surface area contributed by atoms with Crippen LogP contribution in [0.5, 0.6) is 11.5 Å². The molecular weight excluding hydrogens is 1300 g/mol. The lowest BCUT2D eigenvalue weighted by Gasteiger charge is -2.20. The molecule has 0 aliphatic heterocycles. The lowest BCUT2D eigenvalue weighted by Crippen LogP contribution is -2.35. The first-order valence-electron chi connectivity index (χ1n) is 34.1. The Morgan fingerprint density at radius 2 is 0.735 bits per heavy atom. The summed E-state index contributed by atoms with van der Waals surface area (Å²) in [4.78, 5) is 55.6. The molecule has 6 aromatic carbocycles. The number of hydrogen-bond donors (Lipinski definition) is 0. The Bertz CT molecular complexity index is 3360. The summed E-state index contributed by atoms with van der Waals surface area (Å²) in [5, 5.41) is 21.3. The van der Waals surface area contributed by atoms with Crippen LogP contribution in [0.25, 0.3) is 0 Å². The molecular formula is C78H99F2N4O11S3+. The summed E-state index contributed by atoms with van der Waals surface area (Å²) >= 11 is 0. The van der Waals surface area contributed by atoms with Crippen LogP contribution < -0.4 is 9.47 Å². The molecule has 15 nitrogen and oxygen atoms in total. The average Bonchev–Trinajstić information content (AvgIpc) is 0.808. The first kappa shape index (κ1) is 82.7. The van der Waals surface area contributed by atoms with Crippen molar-refractivity contribution in [2.75, 3.05) is 13.2 Å². The third kappa shape index (κ3) is 29.4. The number of unbranched alkanes of at least 4 members (excludes halogenated alkanes) is 14. The van der Waals surface area contributed by atoms with E-state index < -0.39 is 51.4 Å². The Labute approximate surface area is 587 Å². The number of rotatable bonds is 38. The molecule has 0 bridgehead atoms. The number of nitriles is 2. The highest BCUT2D eigenvalue weighted by Gasteiger charge is 2.40. The van der Waals surface area contributed by atoms with Gasteiger partial charge in [-0.05, 0) is 145 Å². The fourth-order valence-electron chi connectivity index (χ4n) is 10.3. The van der Waals surface area contributed by atoms with Gasteiger partial charge in [-0.3, -0.25) is 19.2 Å². The molecule has 0 fully saturated rings. The first-order chi connectivity index (χ1) is 46.8. The monoisotopic (exact) mass is 1400 g/mol. The van der Waals surface area contributed by atoms with Crippen LogP contribution in [-0.4, -0.2) is 66.4 Å². The number of azo groups is 1. The molecule has 6 rings (SSSR count). The predicted molar refractivity (Wildman–Crippen MR) is 381 cm³/mol. The SMILES string of the molecule is CCCCCCCCCCC(=O)Oc1c(C)cc([S+](c2ccccc2)c2ccccc2)cc1C.CCCCCCCCCCC(=O)Oc1c(C)cc([S+](c2ccccc2)c2ccccc2)cc1C.CCOC(=O)CCC(C)(C#N)N=NC(C)(C#N)CCC(=O)OCC(F)(F)S(=O)(=O)[O-]. The Kier molecular flexibility index (Phi) is 36.8. The Morgan fingerprint density at radius 1 is 0.449 bits per heavy atom. The second kappa shape index (κ2) is 43.6. The minimum atomic E-state index is -6.00. The van der Waals surface area contributed by atoms with E-state index in [4.69, 9.17) is 14.2 Å². The van der Waals surface area contributed by atoms with Crippen LogP contribution in [0.15, 0.2) is 185 Å². The second-order valence-electron chi connectivity index (χ2n) is 24.6. The van der Waals surface area contributed by atoms with Crippen molar-refractivity contribution in [2.24, 2.45) is 10.2 Å². The van der Waals surface area contributed by atoms with E-state index in [0.717, 1.165) is 59.4 Å². The maximum Gasteiger partial charge on any atom is 0.367 e. The third-order valence-corrected chi connectivity index (χ3v) is 21.1. The van der Waals surface area contributed by atoms with Crippen LogP contribution in [0, 0.1) is 50.4 Å². The zero-order valence-corrected chi connectivity index (χ0v) is 61.0. The summed E-state index contributed by atoms with van der Waals surface area (Å²) in [5.41, 5.74) is 0.962. The molecule has 0 radical (unpaired) electrons. The quantitative estimate of drug-likeness (QED) is 0.00877. The average molecular weight is 1400 g/mol. The molecule has 2 atom stereocenters. The van der Waals surface area contributed by atoms with Gasteiger partial charge in [0.1, 0.15) is 11.5 Å². The van der Waals surface area contributed by atoms with Gasteiger partial charge in [0.25, 0.3) is 0 Å². The molecule has 6 aromatic rings. The van der Waals surface area contributed by atoms with E-state index in [2.05, 4.69) is 174 Å². The van der Waals surface area contributed by atoms with Gasteiger partial charge < -0.3 is 23.5 Å².